The third-order valence-electron chi connectivity index (χ3n) is 3.02. The molecule has 1 amide bonds. The minimum atomic E-state index is -3.49. The molecule has 0 aliphatic rings. The van der Waals surface area contributed by atoms with Crippen LogP contribution in [0.3, 0.4) is 0 Å². The summed E-state index contributed by atoms with van der Waals surface area (Å²) >= 11 is 0. The highest BCUT2D eigenvalue weighted by Crippen LogP contribution is 2.24. The third kappa shape index (κ3) is 3.59. The molecule has 20 heavy (non-hydrogen) atoms. The summed E-state index contributed by atoms with van der Waals surface area (Å²) in [5.41, 5.74) is -0.231. The van der Waals surface area contributed by atoms with Crippen LogP contribution in [-0.4, -0.2) is 30.0 Å². The molecule has 1 heterocycles. The fourth-order valence-electron chi connectivity index (χ4n) is 1.47. The molecule has 1 rings (SSSR count). The lowest BCUT2D eigenvalue weighted by atomic mass is 9.93. The smallest absolute Gasteiger partial charge is 0.243 e. The van der Waals surface area contributed by atoms with Gasteiger partial charge in [-0.25, -0.2) is 8.42 Å². The number of rotatable bonds is 4. The number of sulfone groups is 1. The maximum atomic E-state index is 12.0. The van der Waals surface area contributed by atoms with Gasteiger partial charge in [0.1, 0.15) is 11.0 Å². The fourth-order valence-corrected chi connectivity index (χ4v) is 2.65. The van der Waals surface area contributed by atoms with Crippen molar-refractivity contribution < 1.29 is 17.7 Å². The van der Waals surface area contributed by atoms with Gasteiger partial charge in [0.05, 0.1) is 5.25 Å². The predicted molar refractivity (Wildman–Crippen MR) is 77.4 cm³/mol. The molecule has 0 aliphatic heterocycles. The molecule has 7 heteroatoms. The Hall–Kier alpha value is -1.37. The van der Waals surface area contributed by atoms with Crippen molar-refractivity contribution in [1.82, 2.24) is 5.16 Å². The van der Waals surface area contributed by atoms with E-state index in [2.05, 4.69) is 10.5 Å². The first-order valence-corrected chi connectivity index (χ1v) is 8.08. The van der Waals surface area contributed by atoms with E-state index in [1.807, 2.05) is 20.8 Å². The second-order valence-corrected chi connectivity index (χ2v) is 8.92. The summed E-state index contributed by atoms with van der Waals surface area (Å²) < 4.78 is 29.0. The van der Waals surface area contributed by atoms with E-state index in [-0.39, 0.29) is 11.2 Å². The van der Waals surface area contributed by atoms with Crippen molar-refractivity contribution >= 4 is 21.6 Å². The molecule has 1 atom stereocenters. The van der Waals surface area contributed by atoms with Gasteiger partial charge in [-0.05, 0) is 20.8 Å². The van der Waals surface area contributed by atoms with E-state index in [0.29, 0.717) is 5.76 Å². The maximum Gasteiger partial charge on any atom is 0.243 e. The van der Waals surface area contributed by atoms with E-state index >= 15 is 0 Å². The summed E-state index contributed by atoms with van der Waals surface area (Å²) in [5.74, 6) is 0.241. The summed E-state index contributed by atoms with van der Waals surface area (Å²) in [5, 5.41) is 4.47. The van der Waals surface area contributed by atoms with Crippen LogP contribution in [0, 0.1) is 0 Å². The van der Waals surface area contributed by atoms with Crippen LogP contribution < -0.4 is 5.32 Å². The molecule has 0 radical (unpaired) electrons. The van der Waals surface area contributed by atoms with Gasteiger partial charge < -0.3 is 9.84 Å². The molecule has 0 saturated heterocycles. The number of carbonyl (C=O) groups excluding carboxylic acids is 1. The van der Waals surface area contributed by atoms with Crippen LogP contribution in [0.5, 0.6) is 0 Å². The van der Waals surface area contributed by atoms with Crippen molar-refractivity contribution in [1.29, 1.82) is 0 Å². The molecular formula is C13H22N2O4S. The first-order valence-electron chi connectivity index (χ1n) is 6.47. The molecule has 114 valence electrons. The Morgan fingerprint density at radius 3 is 2.25 bits per heavy atom. The summed E-state index contributed by atoms with van der Waals surface area (Å²) in [6.07, 6.45) is 0. The van der Waals surface area contributed by atoms with Gasteiger partial charge in [0, 0.05) is 11.5 Å². The zero-order valence-corrected chi connectivity index (χ0v) is 13.5. The number of nitrogens with one attached hydrogen (secondary N) is 1. The lowest BCUT2D eigenvalue weighted by molar-refractivity contribution is -0.115. The quantitative estimate of drug-likeness (QED) is 0.920. The molecule has 0 aromatic carbocycles. The lowest BCUT2D eigenvalue weighted by Crippen LogP contribution is -2.36. The Balaban J connectivity index is 2.85. The largest absolute Gasteiger partial charge is 0.359 e. The minimum Gasteiger partial charge on any atom is -0.359 e. The van der Waals surface area contributed by atoms with E-state index in [1.54, 1.807) is 19.9 Å². The van der Waals surface area contributed by atoms with Gasteiger partial charge in [0.15, 0.2) is 15.7 Å². The Morgan fingerprint density at radius 1 is 1.30 bits per heavy atom. The zero-order valence-electron chi connectivity index (χ0n) is 12.7. The van der Waals surface area contributed by atoms with Crippen molar-refractivity contribution in [2.75, 3.05) is 5.32 Å². The first-order chi connectivity index (χ1) is 8.96. The monoisotopic (exact) mass is 302 g/mol. The second-order valence-electron chi connectivity index (χ2n) is 6.10. The van der Waals surface area contributed by atoms with Crippen LogP contribution in [0.1, 0.15) is 47.3 Å². The molecular weight excluding hydrogens is 280 g/mol. The lowest BCUT2D eigenvalue weighted by Gasteiger charge is -2.14. The van der Waals surface area contributed by atoms with Crippen molar-refractivity contribution in [3.63, 3.8) is 0 Å². The highest BCUT2D eigenvalue weighted by molar-refractivity contribution is 7.93. The highest BCUT2D eigenvalue weighted by Gasteiger charge is 2.31. The van der Waals surface area contributed by atoms with Crippen LogP contribution in [0.2, 0.25) is 0 Å². The summed E-state index contributed by atoms with van der Waals surface area (Å²) in [4.78, 5) is 12.0. The van der Waals surface area contributed by atoms with Crippen molar-refractivity contribution in [2.24, 2.45) is 0 Å². The number of hydrogen-bond donors (Lipinski definition) is 1. The van der Waals surface area contributed by atoms with Crippen molar-refractivity contribution in [3.05, 3.63) is 11.8 Å². The van der Waals surface area contributed by atoms with Crippen LogP contribution in [0.4, 0.5) is 5.82 Å². The normalized spacial score (nSPS) is 14.3. The zero-order chi connectivity index (χ0) is 15.7. The van der Waals surface area contributed by atoms with Gasteiger partial charge in [0.25, 0.3) is 0 Å². The summed E-state index contributed by atoms with van der Waals surface area (Å²) in [6, 6.07) is 1.60. The molecule has 0 unspecified atom stereocenters. The Kier molecular flexibility index (Phi) is 4.63. The molecule has 0 spiro atoms. The molecule has 0 saturated carbocycles. The average molecular weight is 302 g/mol. The predicted octanol–water partition coefficient (Wildman–Crippen LogP) is 2.12. The number of hydrogen-bond acceptors (Lipinski definition) is 5. The number of carbonyl (C=O) groups is 1. The van der Waals surface area contributed by atoms with Gasteiger partial charge in [-0.1, -0.05) is 25.9 Å². The van der Waals surface area contributed by atoms with Gasteiger partial charge >= 0.3 is 0 Å². The Labute approximate surface area is 119 Å². The summed E-state index contributed by atoms with van der Waals surface area (Å²) in [6.45, 7) is 10.3. The van der Waals surface area contributed by atoms with Crippen LogP contribution >= 0.6 is 0 Å². The van der Waals surface area contributed by atoms with Crippen LogP contribution in [-0.2, 0) is 20.0 Å². The van der Waals surface area contributed by atoms with E-state index in [1.165, 1.54) is 6.92 Å². The minimum absolute atomic E-state index is 0.228. The Morgan fingerprint density at radius 2 is 1.85 bits per heavy atom. The van der Waals surface area contributed by atoms with Gasteiger partial charge in [-0.15, -0.1) is 0 Å². The molecule has 0 bridgehead atoms. The van der Waals surface area contributed by atoms with Crippen molar-refractivity contribution in [3.8, 4) is 0 Å². The van der Waals surface area contributed by atoms with Gasteiger partial charge in [0.2, 0.25) is 5.91 Å². The molecule has 1 aromatic rings. The SMILES string of the molecule is CC(C)S(=O)(=O)[C@H](C)C(=O)Nc1cc(C(C)(C)C)on1. The number of amides is 1. The standard InChI is InChI=1S/C13H22N2O4S/c1-8(2)20(17,18)9(3)12(16)14-11-7-10(19-15-11)13(4,5)6/h7-9H,1-6H3,(H,14,15,16)/t9-/m1/s1. The summed E-state index contributed by atoms with van der Waals surface area (Å²) in [7, 11) is -3.49. The number of anilines is 1. The number of nitrogens with zero attached hydrogens (tertiary/aromatic N) is 1. The Bertz CT molecular complexity index is 582. The van der Waals surface area contributed by atoms with E-state index in [0.717, 1.165) is 0 Å². The van der Waals surface area contributed by atoms with Crippen molar-refractivity contribution in [2.45, 2.75) is 57.5 Å². The first kappa shape index (κ1) is 16.7. The molecule has 6 nitrogen and oxygen atoms in total. The fraction of sp³-hybridized carbons (Fsp3) is 0.692. The second kappa shape index (κ2) is 5.55. The van der Waals surface area contributed by atoms with Crippen LogP contribution in [0.15, 0.2) is 10.6 Å². The number of aromatic nitrogens is 1. The maximum absolute atomic E-state index is 12.0. The van der Waals surface area contributed by atoms with E-state index < -0.39 is 26.2 Å². The molecule has 0 fully saturated rings. The molecule has 0 aliphatic carbocycles. The average Bonchev–Trinajstić information content (AvgIpc) is 2.75. The highest BCUT2D eigenvalue weighted by atomic mass is 32.2. The topological polar surface area (TPSA) is 89.3 Å². The third-order valence-corrected chi connectivity index (χ3v) is 5.53. The molecule has 1 aromatic heterocycles. The van der Waals surface area contributed by atoms with E-state index in [9.17, 15) is 13.2 Å². The van der Waals surface area contributed by atoms with Gasteiger partial charge in [-0.3, -0.25) is 4.79 Å². The van der Waals surface area contributed by atoms with Gasteiger partial charge in [-0.2, -0.15) is 0 Å². The van der Waals surface area contributed by atoms with E-state index in [4.69, 9.17) is 4.52 Å². The molecule has 1 N–H and O–H groups in total. The van der Waals surface area contributed by atoms with Crippen LogP contribution in [0.25, 0.3) is 0 Å².